The second-order valence-corrected chi connectivity index (χ2v) is 6.60. The van der Waals surface area contributed by atoms with Crippen LogP contribution >= 0.6 is 0 Å². The van der Waals surface area contributed by atoms with Crippen LogP contribution in [0.5, 0.6) is 5.75 Å². The van der Waals surface area contributed by atoms with Crippen LogP contribution in [-0.4, -0.2) is 17.1 Å². The second kappa shape index (κ2) is 7.87. The van der Waals surface area contributed by atoms with Gasteiger partial charge in [-0.1, -0.05) is 12.1 Å². The Balaban J connectivity index is 1.80. The van der Waals surface area contributed by atoms with Gasteiger partial charge in [-0.25, -0.2) is 0 Å². The molecule has 0 fully saturated rings. The van der Waals surface area contributed by atoms with E-state index in [1.165, 1.54) is 18.2 Å². The summed E-state index contributed by atoms with van der Waals surface area (Å²) in [5.41, 5.74) is 5.65. The Bertz CT molecular complexity index is 1090. The third kappa shape index (κ3) is 4.35. The first-order valence-corrected chi connectivity index (χ1v) is 8.81. The summed E-state index contributed by atoms with van der Waals surface area (Å²) in [5, 5.41) is 9.05. The molecule has 0 unspecified atom stereocenters. The monoisotopic (exact) mass is 401 g/mol. The number of aromatic nitrogens is 1. The Morgan fingerprint density at radius 2 is 1.90 bits per heavy atom. The SMILES string of the molecule is Cc1cc2c(C(F)(F)F)c(C#N)ccc2n1CCOc1ccc(CC(N)=O)cc1. The van der Waals surface area contributed by atoms with Gasteiger partial charge < -0.3 is 15.0 Å². The number of ether oxygens (including phenoxy) is 1. The normalized spacial score (nSPS) is 11.4. The first kappa shape index (κ1) is 20.3. The number of aryl methyl sites for hydroxylation is 1. The van der Waals surface area contributed by atoms with Crippen molar-refractivity contribution in [2.45, 2.75) is 26.1 Å². The van der Waals surface area contributed by atoms with Gasteiger partial charge in [-0.2, -0.15) is 18.4 Å². The number of rotatable bonds is 6. The number of amides is 1. The maximum absolute atomic E-state index is 13.5. The molecule has 1 heterocycles. The van der Waals surface area contributed by atoms with Crippen molar-refractivity contribution < 1.29 is 22.7 Å². The maximum Gasteiger partial charge on any atom is 0.418 e. The minimum atomic E-state index is -4.62. The molecular formula is C21H18F3N3O2. The van der Waals surface area contributed by atoms with Crippen LogP contribution in [0.15, 0.2) is 42.5 Å². The lowest BCUT2D eigenvalue weighted by Crippen LogP contribution is -2.13. The van der Waals surface area contributed by atoms with Gasteiger partial charge in [0.1, 0.15) is 12.4 Å². The zero-order valence-corrected chi connectivity index (χ0v) is 15.6. The number of carbonyl (C=O) groups excluding carboxylic acids is 1. The highest BCUT2D eigenvalue weighted by molar-refractivity contribution is 5.87. The molecule has 0 saturated carbocycles. The maximum atomic E-state index is 13.5. The molecule has 0 atom stereocenters. The quantitative estimate of drug-likeness (QED) is 0.679. The highest BCUT2D eigenvalue weighted by Gasteiger charge is 2.36. The van der Waals surface area contributed by atoms with Gasteiger partial charge in [-0.05, 0) is 42.8 Å². The van der Waals surface area contributed by atoms with Crippen molar-refractivity contribution in [3.05, 3.63) is 64.8 Å². The molecule has 1 aromatic heterocycles. The van der Waals surface area contributed by atoms with E-state index in [4.69, 9.17) is 15.7 Å². The van der Waals surface area contributed by atoms with Crippen LogP contribution in [0.1, 0.15) is 22.4 Å². The third-order valence-electron chi connectivity index (χ3n) is 4.58. The van der Waals surface area contributed by atoms with Crippen LogP contribution in [0.4, 0.5) is 13.2 Å². The molecule has 0 aliphatic rings. The smallest absolute Gasteiger partial charge is 0.418 e. The minimum Gasteiger partial charge on any atom is -0.492 e. The molecule has 2 aromatic carbocycles. The summed E-state index contributed by atoms with van der Waals surface area (Å²) in [6, 6.07) is 12.7. The van der Waals surface area contributed by atoms with Crippen molar-refractivity contribution in [2.24, 2.45) is 5.73 Å². The van der Waals surface area contributed by atoms with E-state index in [2.05, 4.69) is 0 Å². The Morgan fingerprint density at radius 3 is 2.48 bits per heavy atom. The largest absolute Gasteiger partial charge is 0.492 e. The Morgan fingerprint density at radius 1 is 1.21 bits per heavy atom. The average molecular weight is 401 g/mol. The summed E-state index contributed by atoms with van der Waals surface area (Å²) in [5.74, 6) is 0.154. The first-order chi connectivity index (χ1) is 13.7. The summed E-state index contributed by atoms with van der Waals surface area (Å²) in [4.78, 5) is 10.9. The molecule has 0 aliphatic carbocycles. The fourth-order valence-corrected chi connectivity index (χ4v) is 3.32. The molecule has 8 heteroatoms. The summed E-state index contributed by atoms with van der Waals surface area (Å²) < 4.78 is 47.8. The molecule has 0 bridgehead atoms. The Kier molecular flexibility index (Phi) is 5.50. The molecular weight excluding hydrogens is 383 g/mol. The molecule has 2 N–H and O–H groups in total. The van der Waals surface area contributed by atoms with E-state index in [0.717, 1.165) is 5.56 Å². The molecule has 29 heavy (non-hydrogen) atoms. The predicted molar refractivity (Wildman–Crippen MR) is 101 cm³/mol. The van der Waals surface area contributed by atoms with Gasteiger partial charge in [0.15, 0.2) is 0 Å². The van der Waals surface area contributed by atoms with E-state index in [0.29, 0.717) is 23.5 Å². The topological polar surface area (TPSA) is 81.0 Å². The number of primary amides is 1. The zero-order chi connectivity index (χ0) is 21.2. The zero-order valence-electron chi connectivity index (χ0n) is 15.6. The van der Waals surface area contributed by atoms with E-state index in [-0.39, 0.29) is 18.4 Å². The fraction of sp³-hybridized carbons (Fsp3) is 0.238. The summed E-state index contributed by atoms with van der Waals surface area (Å²) in [7, 11) is 0. The number of benzene rings is 2. The van der Waals surface area contributed by atoms with Gasteiger partial charge in [0.25, 0.3) is 0 Å². The van der Waals surface area contributed by atoms with Crippen molar-refractivity contribution >= 4 is 16.8 Å². The van der Waals surface area contributed by atoms with Gasteiger partial charge >= 0.3 is 6.18 Å². The highest BCUT2D eigenvalue weighted by atomic mass is 19.4. The van der Waals surface area contributed by atoms with Crippen LogP contribution in [0.3, 0.4) is 0 Å². The molecule has 0 saturated heterocycles. The number of nitrogens with two attached hydrogens (primary N) is 1. The number of nitrogens with zero attached hydrogens (tertiary/aromatic N) is 2. The standard InChI is InChI=1S/C21H18F3N3O2/c1-13-10-17-18(7-4-15(12-25)20(17)21(22,23)24)27(13)8-9-29-16-5-2-14(3-6-16)11-19(26)28/h2-7,10H,8-9,11H2,1H3,(H2,26,28). The van der Waals surface area contributed by atoms with Crippen molar-refractivity contribution in [3.63, 3.8) is 0 Å². The van der Waals surface area contributed by atoms with E-state index in [1.807, 2.05) is 0 Å². The van der Waals surface area contributed by atoms with Crippen LogP contribution in [0, 0.1) is 18.3 Å². The van der Waals surface area contributed by atoms with E-state index >= 15 is 0 Å². The lowest BCUT2D eigenvalue weighted by Gasteiger charge is -2.13. The number of fused-ring (bicyclic) bond motifs is 1. The first-order valence-electron chi connectivity index (χ1n) is 8.81. The summed E-state index contributed by atoms with van der Waals surface area (Å²) >= 11 is 0. The predicted octanol–water partition coefficient (Wildman–Crippen LogP) is 3.95. The van der Waals surface area contributed by atoms with E-state index in [1.54, 1.807) is 41.8 Å². The number of hydrogen-bond acceptors (Lipinski definition) is 3. The van der Waals surface area contributed by atoms with Gasteiger partial charge in [-0.15, -0.1) is 0 Å². The molecule has 5 nitrogen and oxygen atoms in total. The van der Waals surface area contributed by atoms with E-state index < -0.39 is 23.2 Å². The van der Waals surface area contributed by atoms with Crippen LogP contribution in [0.25, 0.3) is 10.9 Å². The van der Waals surface area contributed by atoms with Crippen LogP contribution < -0.4 is 10.5 Å². The van der Waals surface area contributed by atoms with Crippen molar-refractivity contribution in [1.82, 2.24) is 4.57 Å². The number of alkyl halides is 3. The van der Waals surface area contributed by atoms with Crippen molar-refractivity contribution in [1.29, 1.82) is 5.26 Å². The molecule has 0 radical (unpaired) electrons. The molecule has 0 aliphatic heterocycles. The van der Waals surface area contributed by atoms with E-state index in [9.17, 15) is 18.0 Å². The molecule has 1 amide bonds. The lowest BCUT2D eigenvalue weighted by molar-refractivity contribution is -0.136. The van der Waals surface area contributed by atoms with Crippen LogP contribution in [-0.2, 0) is 23.9 Å². The molecule has 3 rings (SSSR count). The van der Waals surface area contributed by atoms with Gasteiger partial charge in [0.2, 0.25) is 5.91 Å². The second-order valence-electron chi connectivity index (χ2n) is 6.60. The number of nitriles is 1. The lowest BCUT2D eigenvalue weighted by atomic mass is 10.0. The highest BCUT2D eigenvalue weighted by Crippen LogP contribution is 2.38. The van der Waals surface area contributed by atoms with Crippen molar-refractivity contribution in [2.75, 3.05) is 6.61 Å². The third-order valence-corrected chi connectivity index (χ3v) is 4.58. The minimum absolute atomic E-state index is 0.00450. The molecule has 3 aromatic rings. The Labute approximate surface area is 165 Å². The number of carbonyl (C=O) groups is 1. The fourth-order valence-electron chi connectivity index (χ4n) is 3.32. The van der Waals surface area contributed by atoms with Crippen molar-refractivity contribution in [3.8, 4) is 11.8 Å². The van der Waals surface area contributed by atoms with Gasteiger partial charge in [0.05, 0.1) is 30.2 Å². The van der Waals surface area contributed by atoms with Gasteiger partial charge in [0, 0.05) is 16.6 Å². The summed E-state index contributed by atoms with van der Waals surface area (Å²) in [6.07, 6.45) is -4.48. The number of hydrogen-bond donors (Lipinski definition) is 1. The van der Waals surface area contributed by atoms with Gasteiger partial charge in [-0.3, -0.25) is 4.79 Å². The molecule has 150 valence electrons. The van der Waals surface area contributed by atoms with Crippen LogP contribution in [0.2, 0.25) is 0 Å². The summed E-state index contributed by atoms with van der Waals surface area (Å²) in [6.45, 7) is 2.29. The number of halogens is 3. The Hall–Kier alpha value is -3.47. The average Bonchev–Trinajstić information content (AvgIpc) is 2.96. The molecule has 0 spiro atoms.